The summed E-state index contributed by atoms with van der Waals surface area (Å²) in [6.45, 7) is 3.00. The van der Waals surface area contributed by atoms with Crippen molar-refractivity contribution in [3.63, 3.8) is 0 Å². The summed E-state index contributed by atoms with van der Waals surface area (Å²) in [6, 6.07) is 14.5. The molecule has 1 fully saturated rings. The van der Waals surface area contributed by atoms with Crippen LogP contribution in [0.25, 0.3) is 0 Å². The van der Waals surface area contributed by atoms with Crippen molar-refractivity contribution in [2.24, 2.45) is 0 Å². The number of aryl methyl sites for hydroxylation is 1. The van der Waals surface area contributed by atoms with Crippen LogP contribution in [0.4, 0.5) is 5.13 Å². The molecule has 0 bridgehead atoms. The molecule has 1 saturated heterocycles. The number of carbonyl (C=O) groups excluding carboxylic acids is 1. The van der Waals surface area contributed by atoms with Gasteiger partial charge in [0, 0.05) is 19.5 Å². The number of sulfonamides is 1. The maximum atomic E-state index is 13.1. The van der Waals surface area contributed by atoms with E-state index in [0.29, 0.717) is 24.6 Å². The highest BCUT2D eigenvalue weighted by atomic mass is 32.2. The first kappa shape index (κ1) is 21.6. The van der Waals surface area contributed by atoms with Crippen molar-refractivity contribution in [1.82, 2.24) is 14.5 Å². The summed E-state index contributed by atoms with van der Waals surface area (Å²) in [7, 11) is -3.73. The lowest BCUT2D eigenvalue weighted by Gasteiger charge is -2.26. The van der Waals surface area contributed by atoms with Gasteiger partial charge >= 0.3 is 0 Å². The SMILES string of the molecule is Cc1ccc(Cc2nnc(NC(=O)c3ccccc3S(=O)(=O)N3CCCCC3)s2)cc1. The van der Waals surface area contributed by atoms with Crippen LogP contribution in [0.3, 0.4) is 0 Å². The van der Waals surface area contributed by atoms with Crippen LogP contribution < -0.4 is 5.32 Å². The van der Waals surface area contributed by atoms with Crippen LogP contribution in [-0.2, 0) is 16.4 Å². The highest BCUT2D eigenvalue weighted by molar-refractivity contribution is 7.89. The molecule has 0 saturated carbocycles. The number of piperidine rings is 1. The number of anilines is 1. The first-order valence-corrected chi connectivity index (χ1v) is 12.5. The van der Waals surface area contributed by atoms with Crippen molar-refractivity contribution in [3.8, 4) is 0 Å². The fraction of sp³-hybridized carbons (Fsp3) is 0.318. The fourth-order valence-corrected chi connectivity index (χ4v) is 6.02. The maximum absolute atomic E-state index is 13.1. The molecule has 1 aliphatic heterocycles. The van der Waals surface area contributed by atoms with Crippen molar-refractivity contribution in [2.45, 2.75) is 37.5 Å². The van der Waals surface area contributed by atoms with Gasteiger partial charge in [0.1, 0.15) is 5.01 Å². The van der Waals surface area contributed by atoms with E-state index in [9.17, 15) is 13.2 Å². The number of aromatic nitrogens is 2. The molecule has 3 aromatic rings. The van der Waals surface area contributed by atoms with E-state index in [-0.39, 0.29) is 10.5 Å². The van der Waals surface area contributed by atoms with Crippen molar-refractivity contribution in [1.29, 1.82) is 0 Å². The summed E-state index contributed by atoms with van der Waals surface area (Å²) in [6.07, 6.45) is 3.31. The number of benzene rings is 2. The van der Waals surface area contributed by atoms with Crippen molar-refractivity contribution < 1.29 is 13.2 Å². The van der Waals surface area contributed by atoms with E-state index in [4.69, 9.17) is 0 Å². The molecule has 0 atom stereocenters. The third-order valence-electron chi connectivity index (χ3n) is 5.23. The Morgan fingerprint density at radius 2 is 1.74 bits per heavy atom. The molecule has 1 amide bonds. The van der Waals surface area contributed by atoms with Gasteiger partial charge in [-0.3, -0.25) is 10.1 Å². The summed E-state index contributed by atoms with van der Waals surface area (Å²) in [5.41, 5.74) is 2.41. The minimum absolute atomic E-state index is 0.0267. The zero-order valence-corrected chi connectivity index (χ0v) is 18.9. The average molecular weight is 457 g/mol. The second-order valence-corrected chi connectivity index (χ2v) is 10.5. The number of hydrogen-bond donors (Lipinski definition) is 1. The fourth-order valence-electron chi connectivity index (χ4n) is 3.54. The summed E-state index contributed by atoms with van der Waals surface area (Å²) < 4.78 is 27.7. The Morgan fingerprint density at radius 1 is 1.03 bits per heavy atom. The minimum atomic E-state index is -3.73. The van der Waals surface area contributed by atoms with Gasteiger partial charge < -0.3 is 0 Å². The number of carbonyl (C=O) groups is 1. The summed E-state index contributed by atoms with van der Waals surface area (Å²) >= 11 is 1.28. The van der Waals surface area contributed by atoms with Crippen LogP contribution in [0.15, 0.2) is 53.4 Å². The van der Waals surface area contributed by atoms with Crippen LogP contribution >= 0.6 is 11.3 Å². The molecule has 0 unspecified atom stereocenters. The van der Waals surface area contributed by atoms with E-state index in [1.807, 2.05) is 31.2 Å². The van der Waals surface area contributed by atoms with Crippen LogP contribution in [-0.4, -0.2) is 41.9 Å². The van der Waals surface area contributed by atoms with Crippen LogP contribution in [0, 0.1) is 6.92 Å². The molecule has 7 nitrogen and oxygen atoms in total. The van der Waals surface area contributed by atoms with Gasteiger partial charge in [-0.2, -0.15) is 4.31 Å². The Labute approximate surface area is 186 Å². The highest BCUT2D eigenvalue weighted by Crippen LogP contribution is 2.25. The van der Waals surface area contributed by atoms with E-state index in [2.05, 4.69) is 15.5 Å². The van der Waals surface area contributed by atoms with E-state index < -0.39 is 15.9 Å². The zero-order valence-electron chi connectivity index (χ0n) is 17.2. The summed E-state index contributed by atoms with van der Waals surface area (Å²) in [5, 5.41) is 12.0. The molecule has 31 heavy (non-hydrogen) atoms. The summed E-state index contributed by atoms with van der Waals surface area (Å²) in [5.74, 6) is -0.505. The monoisotopic (exact) mass is 456 g/mol. The Hall–Kier alpha value is -2.62. The molecule has 9 heteroatoms. The number of rotatable bonds is 6. The van der Waals surface area contributed by atoms with Crippen LogP contribution in [0.5, 0.6) is 0 Å². The number of hydrogen-bond acceptors (Lipinski definition) is 6. The standard InChI is InChI=1S/C22H24N4O3S2/c1-16-9-11-17(12-10-16)15-20-24-25-22(30-20)23-21(27)18-7-3-4-8-19(18)31(28,29)26-13-5-2-6-14-26/h3-4,7-12H,2,5-6,13-15H2,1H3,(H,23,25,27). The molecular weight excluding hydrogens is 432 g/mol. The van der Waals surface area contributed by atoms with Gasteiger partial charge in [-0.25, -0.2) is 8.42 Å². The molecule has 2 aromatic carbocycles. The molecule has 1 aliphatic rings. The highest BCUT2D eigenvalue weighted by Gasteiger charge is 2.30. The lowest BCUT2D eigenvalue weighted by atomic mass is 10.1. The average Bonchev–Trinajstić information content (AvgIpc) is 3.22. The topological polar surface area (TPSA) is 92.3 Å². The Kier molecular flexibility index (Phi) is 6.45. The molecule has 1 N–H and O–H groups in total. The molecule has 162 valence electrons. The second-order valence-electron chi connectivity index (χ2n) is 7.58. The molecule has 4 rings (SSSR count). The van der Waals surface area contributed by atoms with Gasteiger partial charge in [0.2, 0.25) is 15.2 Å². The van der Waals surface area contributed by atoms with Crippen LogP contribution in [0.1, 0.15) is 45.8 Å². The molecule has 2 heterocycles. The van der Waals surface area contributed by atoms with E-state index in [0.717, 1.165) is 29.8 Å². The van der Waals surface area contributed by atoms with Crippen LogP contribution in [0.2, 0.25) is 0 Å². The molecule has 1 aromatic heterocycles. The quantitative estimate of drug-likeness (QED) is 0.608. The Bertz CT molecular complexity index is 1170. The van der Waals surface area contributed by atoms with Crippen molar-refractivity contribution >= 4 is 32.4 Å². The third-order valence-corrected chi connectivity index (χ3v) is 8.02. The number of nitrogens with zero attached hydrogens (tertiary/aromatic N) is 3. The predicted molar refractivity (Wildman–Crippen MR) is 121 cm³/mol. The third kappa shape index (κ3) is 5.00. The van der Waals surface area contributed by atoms with Crippen molar-refractivity contribution in [3.05, 3.63) is 70.2 Å². The first-order chi connectivity index (χ1) is 14.9. The predicted octanol–water partition coefficient (Wildman–Crippen LogP) is 3.86. The molecular formula is C22H24N4O3S2. The van der Waals surface area contributed by atoms with E-state index >= 15 is 0 Å². The lowest BCUT2D eigenvalue weighted by molar-refractivity contribution is 0.102. The Balaban J connectivity index is 1.51. The van der Waals surface area contributed by atoms with E-state index in [1.54, 1.807) is 12.1 Å². The molecule has 0 aliphatic carbocycles. The lowest BCUT2D eigenvalue weighted by Crippen LogP contribution is -2.36. The normalized spacial score (nSPS) is 15.0. The van der Waals surface area contributed by atoms with Gasteiger partial charge in [-0.15, -0.1) is 10.2 Å². The largest absolute Gasteiger partial charge is 0.296 e. The Morgan fingerprint density at radius 3 is 2.48 bits per heavy atom. The smallest absolute Gasteiger partial charge is 0.258 e. The molecule has 0 radical (unpaired) electrons. The maximum Gasteiger partial charge on any atom is 0.258 e. The van der Waals surface area contributed by atoms with Crippen molar-refractivity contribution in [2.75, 3.05) is 18.4 Å². The number of amides is 1. The molecule has 0 spiro atoms. The minimum Gasteiger partial charge on any atom is -0.296 e. The number of nitrogens with one attached hydrogen (secondary N) is 1. The van der Waals surface area contributed by atoms with Gasteiger partial charge in [0.25, 0.3) is 5.91 Å². The van der Waals surface area contributed by atoms with Gasteiger partial charge in [0.05, 0.1) is 10.5 Å². The zero-order chi connectivity index (χ0) is 21.8. The summed E-state index contributed by atoms with van der Waals surface area (Å²) in [4.78, 5) is 12.9. The van der Waals surface area contributed by atoms with Gasteiger partial charge in [-0.05, 0) is 37.5 Å². The van der Waals surface area contributed by atoms with Gasteiger partial charge in [-0.1, -0.05) is 59.7 Å². The first-order valence-electron chi connectivity index (χ1n) is 10.2. The van der Waals surface area contributed by atoms with Gasteiger partial charge in [0.15, 0.2) is 0 Å². The second kappa shape index (κ2) is 9.25. The van der Waals surface area contributed by atoms with E-state index in [1.165, 1.54) is 33.3 Å².